The number of hydrogen-bond donors (Lipinski definition) is 3. The number of rotatable bonds is 0. The van der Waals surface area contributed by atoms with Crippen LogP contribution in [-0.4, -0.2) is 16.9 Å². The summed E-state index contributed by atoms with van der Waals surface area (Å²) in [4.78, 5) is 0. The Morgan fingerprint density at radius 3 is 2.14 bits per heavy atom. The van der Waals surface area contributed by atoms with Crippen LogP contribution in [0.25, 0.3) is 0 Å². The molecule has 42 valence electrons. The fourth-order valence-corrected chi connectivity index (χ4v) is 0.607. The molecule has 2 atom stereocenters. The Hall–Kier alpha value is -0.120. The van der Waals surface area contributed by atoms with Crippen LogP contribution in [0.3, 0.4) is 0 Å². The lowest BCUT2D eigenvalue weighted by Gasteiger charge is -2.39. The smallest absolute Gasteiger partial charge is 0.128 e. The summed E-state index contributed by atoms with van der Waals surface area (Å²) in [6.07, 6.45) is 1.50. The van der Waals surface area contributed by atoms with Crippen LogP contribution in [0.1, 0.15) is 12.8 Å². The first-order valence-electron chi connectivity index (χ1n) is 2.40. The standard InChI is InChI=1S/C4H10N2O/c5-3-1-2-4(3,6)7/h3,7H,1-2,5-6H2. The molecule has 0 bridgehead atoms. The zero-order valence-electron chi connectivity index (χ0n) is 4.09. The van der Waals surface area contributed by atoms with Gasteiger partial charge in [0.2, 0.25) is 0 Å². The Labute approximate surface area is 42.3 Å². The molecule has 7 heavy (non-hydrogen) atoms. The van der Waals surface area contributed by atoms with E-state index >= 15 is 0 Å². The van der Waals surface area contributed by atoms with Gasteiger partial charge in [-0.3, -0.25) is 0 Å². The van der Waals surface area contributed by atoms with Gasteiger partial charge < -0.3 is 16.6 Å². The van der Waals surface area contributed by atoms with Crippen LogP contribution in [-0.2, 0) is 0 Å². The van der Waals surface area contributed by atoms with Gasteiger partial charge in [-0.25, -0.2) is 0 Å². The van der Waals surface area contributed by atoms with Crippen molar-refractivity contribution in [2.45, 2.75) is 24.6 Å². The second kappa shape index (κ2) is 1.18. The first-order chi connectivity index (χ1) is 3.13. The van der Waals surface area contributed by atoms with E-state index in [9.17, 15) is 0 Å². The molecular weight excluding hydrogens is 92.1 g/mol. The lowest BCUT2D eigenvalue weighted by atomic mass is 9.84. The molecule has 3 heteroatoms. The fourth-order valence-electron chi connectivity index (χ4n) is 0.607. The van der Waals surface area contributed by atoms with Crippen LogP contribution in [0, 0.1) is 0 Å². The Bertz CT molecular complexity index is 81.8. The highest BCUT2D eigenvalue weighted by atomic mass is 16.3. The summed E-state index contributed by atoms with van der Waals surface area (Å²) in [6.45, 7) is 0. The van der Waals surface area contributed by atoms with E-state index in [-0.39, 0.29) is 6.04 Å². The van der Waals surface area contributed by atoms with Gasteiger partial charge in [0.05, 0.1) is 0 Å². The lowest BCUT2D eigenvalue weighted by Crippen LogP contribution is -2.62. The molecule has 0 aliphatic heterocycles. The summed E-state index contributed by atoms with van der Waals surface area (Å²) in [7, 11) is 0. The van der Waals surface area contributed by atoms with Gasteiger partial charge in [0, 0.05) is 6.04 Å². The summed E-state index contributed by atoms with van der Waals surface area (Å²) in [6, 6.07) is -0.188. The molecule has 0 aromatic rings. The van der Waals surface area contributed by atoms with Crippen molar-refractivity contribution in [2.24, 2.45) is 11.5 Å². The van der Waals surface area contributed by atoms with Crippen LogP contribution in [0.5, 0.6) is 0 Å². The molecule has 0 aromatic heterocycles. The SMILES string of the molecule is NC1CCC1(N)O. The Kier molecular flexibility index (Phi) is 0.849. The second-order valence-electron chi connectivity index (χ2n) is 2.14. The molecule has 1 fully saturated rings. The van der Waals surface area contributed by atoms with Gasteiger partial charge in [0.15, 0.2) is 0 Å². The first kappa shape index (κ1) is 5.03. The van der Waals surface area contributed by atoms with E-state index in [0.717, 1.165) is 6.42 Å². The maximum absolute atomic E-state index is 8.83. The van der Waals surface area contributed by atoms with E-state index in [1.54, 1.807) is 0 Å². The maximum atomic E-state index is 8.83. The van der Waals surface area contributed by atoms with E-state index in [2.05, 4.69) is 0 Å². The van der Waals surface area contributed by atoms with Gasteiger partial charge in [0.1, 0.15) is 5.72 Å². The van der Waals surface area contributed by atoms with E-state index < -0.39 is 5.72 Å². The van der Waals surface area contributed by atoms with Gasteiger partial charge in [-0.2, -0.15) is 0 Å². The average molecular weight is 102 g/mol. The molecular formula is C4H10N2O. The normalized spacial score (nSPS) is 51.0. The Balaban J connectivity index is 2.43. The summed E-state index contributed by atoms with van der Waals surface area (Å²) < 4.78 is 0. The molecule has 5 N–H and O–H groups in total. The Morgan fingerprint density at radius 2 is 2.14 bits per heavy atom. The van der Waals surface area contributed by atoms with Crippen molar-refractivity contribution in [1.29, 1.82) is 0 Å². The quantitative estimate of drug-likeness (QED) is 0.335. The highest BCUT2D eigenvalue weighted by molar-refractivity contribution is 4.94. The van der Waals surface area contributed by atoms with Crippen LogP contribution < -0.4 is 11.5 Å². The monoisotopic (exact) mass is 102 g/mol. The Morgan fingerprint density at radius 1 is 1.71 bits per heavy atom. The first-order valence-corrected chi connectivity index (χ1v) is 2.40. The zero-order valence-corrected chi connectivity index (χ0v) is 4.09. The summed E-state index contributed by atoms with van der Waals surface area (Å²) >= 11 is 0. The van der Waals surface area contributed by atoms with Crippen molar-refractivity contribution in [1.82, 2.24) is 0 Å². The molecule has 1 aliphatic rings. The minimum atomic E-state index is -1.04. The maximum Gasteiger partial charge on any atom is 0.128 e. The van der Waals surface area contributed by atoms with E-state index in [1.807, 2.05) is 0 Å². The van der Waals surface area contributed by atoms with Crippen molar-refractivity contribution >= 4 is 0 Å². The van der Waals surface area contributed by atoms with Crippen LogP contribution >= 0.6 is 0 Å². The average Bonchev–Trinajstić information content (AvgIpc) is 1.63. The number of aliphatic hydroxyl groups is 1. The zero-order chi connectivity index (χ0) is 5.49. The molecule has 1 aliphatic carbocycles. The molecule has 0 saturated heterocycles. The van der Waals surface area contributed by atoms with Crippen molar-refractivity contribution in [3.63, 3.8) is 0 Å². The van der Waals surface area contributed by atoms with Crippen molar-refractivity contribution in [3.8, 4) is 0 Å². The highest BCUT2D eigenvalue weighted by Crippen LogP contribution is 2.24. The lowest BCUT2D eigenvalue weighted by molar-refractivity contribution is -0.0483. The predicted octanol–water partition coefficient (Wildman–Crippen LogP) is -1.25. The fraction of sp³-hybridized carbons (Fsp3) is 1.00. The molecule has 1 saturated carbocycles. The third-order valence-corrected chi connectivity index (χ3v) is 1.50. The number of nitrogens with two attached hydrogens (primary N) is 2. The summed E-state index contributed by atoms with van der Waals surface area (Å²) in [5.41, 5.74) is 9.44. The van der Waals surface area contributed by atoms with Crippen LogP contribution in [0.15, 0.2) is 0 Å². The predicted molar refractivity (Wildman–Crippen MR) is 26.3 cm³/mol. The second-order valence-corrected chi connectivity index (χ2v) is 2.14. The topological polar surface area (TPSA) is 72.3 Å². The van der Waals surface area contributed by atoms with Gasteiger partial charge in [-0.05, 0) is 12.8 Å². The molecule has 0 radical (unpaired) electrons. The van der Waals surface area contributed by atoms with Gasteiger partial charge >= 0.3 is 0 Å². The third kappa shape index (κ3) is 0.627. The van der Waals surface area contributed by atoms with Gasteiger partial charge in [-0.15, -0.1) is 0 Å². The van der Waals surface area contributed by atoms with E-state index in [1.165, 1.54) is 0 Å². The molecule has 0 aromatic carbocycles. The van der Waals surface area contributed by atoms with E-state index in [0.29, 0.717) is 6.42 Å². The van der Waals surface area contributed by atoms with Crippen molar-refractivity contribution in [3.05, 3.63) is 0 Å². The summed E-state index contributed by atoms with van der Waals surface area (Å²) in [5, 5.41) is 8.83. The van der Waals surface area contributed by atoms with Crippen molar-refractivity contribution < 1.29 is 5.11 Å². The summed E-state index contributed by atoms with van der Waals surface area (Å²) in [5.74, 6) is 0. The van der Waals surface area contributed by atoms with E-state index in [4.69, 9.17) is 16.6 Å². The molecule has 3 nitrogen and oxygen atoms in total. The van der Waals surface area contributed by atoms with Crippen LogP contribution in [0.4, 0.5) is 0 Å². The minimum absolute atomic E-state index is 0.188. The van der Waals surface area contributed by atoms with Gasteiger partial charge in [-0.1, -0.05) is 0 Å². The third-order valence-electron chi connectivity index (χ3n) is 1.50. The largest absolute Gasteiger partial charge is 0.374 e. The molecule has 2 unspecified atom stereocenters. The molecule has 1 rings (SSSR count). The molecule has 0 spiro atoms. The van der Waals surface area contributed by atoms with Crippen molar-refractivity contribution in [2.75, 3.05) is 0 Å². The van der Waals surface area contributed by atoms with Gasteiger partial charge in [0.25, 0.3) is 0 Å². The minimum Gasteiger partial charge on any atom is -0.374 e. The molecule has 0 heterocycles. The van der Waals surface area contributed by atoms with Crippen LogP contribution in [0.2, 0.25) is 0 Å². The highest BCUT2D eigenvalue weighted by Gasteiger charge is 2.38. The number of hydrogen-bond acceptors (Lipinski definition) is 3. The molecule has 0 amide bonds.